The molecule has 25 heavy (non-hydrogen) atoms. The molecule has 1 aromatic rings. The van der Waals surface area contributed by atoms with Crippen molar-refractivity contribution < 1.29 is 0 Å². The second-order valence-corrected chi connectivity index (χ2v) is 7.54. The number of likely N-dealkylation sites (tertiary alicyclic amines) is 1. The number of aliphatic imine (C=N–C) groups is 1. The van der Waals surface area contributed by atoms with Crippen LogP contribution in [0.1, 0.15) is 25.3 Å². The quantitative estimate of drug-likeness (QED) is 0.655. The molecule has 1 unspecified atom stereocenters. The number of hydrogen-bond acceptors (Lipinski definition) is 3. The van der Waals surface area contributed by atoms with E-state index in [1.807, 2.05) is 0 Å². The standard InChI is InChI=1S/C20H33N5/c1-18-6-5-10-25(16-18)20(21)22-9-11-23-12-14-24(15-13-23)17-19-7-3-2-4-8-19/h2-4,7-8,18H,5-6,9-17H2,1H3,(H2,21,22). The Morgan fingerprint density at radius 2 is 1.80 bits per heavy atom. The highest BCUT2D eigenvalue weighted by atomic mass is 15.3. The Hall–Kier alpha value is -1.59. The zero-order valence-electron chi connectivity index (χ0n) is 15.6. The lowest BCUT2D eigenvalue weighted by Gasteiger charge is -2.34. The molecule has 2 heterocycles. The molecule has 1 atom stereocenters. The third-order valence-electron chi connectivity index (χ3n) is 5.38. The van der Waals surface area contributed by atoms with Crippen LogP contribution in [-0.2, 0) is 6.54 Å². The highest BCUT2D eigenvalue weighted by molar-refractivity contribution is 5.78. The van der Waals surface area contributed by atoms with Gasteiger partial charge in [-0.05, 0) is 24.3 Å². The summed E-state index contributed by atoms with van der Waals surface area (Å²) in [6.45, 7) is 11.9. The third kappa shape index (κ3) is 5.72. The van der Waals surface area contributed by atoms with Crippen LogP contribution in [0.5, 0.6) is 0 Å². The van der Waals surface area contributed by atoms with Crippen LogP contribution in [-0.4, -0.2) is 73.0 Å². The average Bonchev–Trinajstić information content (AvgIpc) is 2.64. The van der Waals surface area contributed by atoms with Crippen LogP contribution in [0.15, 0.2) is 35.3 Å². The summed E-state index contributed by atoms with van der Waals surface area (Å²) < 4.78 is 0. The van der Waals surface area contributed by atoms with Gasteiger partial charge in [0.15, 0.2) is 5.96 Å². The van der Waals surface area contributed by atoms with Gasteiger partial charge in [-0.25, -0.2) is 0 Å². The molecule has 2 aliphatic rings. The van der Waals surface area contributed by atoms with Crippen molar-refractivity contribution in [2.75, 3.05) is 52.4 Å². The fourth-order valence-corrected chi connectivity index (χ4v) is 3.82. The summed E-state index contributed by atoms with van der Waals surface area (Å²) in [6, 6.07) is 10.8. The molecule has 5 nitrogen and oxygen atoms in total. The molecular formula is C20H33N5. The second kappa shape index (κ2) is 9.20. The van der Waals surface area contributed by atoms with Gasteiger partial charge < -0.3 is 10.6 Å². The number of piperidine rings is 1. The lowest BCUT2D eigenvalue weighted by Crippen LogP contribution is -2.47. The molecular weight excluding hydrogens is 310 g/mol. The first-order valence-electron chi connectivity index (χ1n) is 9.74. The molecule has 3 rings (SSSR count). The van der Waals surface area contributed by atoms with Crippen molar-refractivity contribution in [2.45, 2.75) is 26.3 Å². The summed E-state index contributed by atoms with van der Waals surface area (Å²) in [6.07, 6.45) is 2.55. The lowest BCUT2D eigenvalue weighted by atomic mass is 10.0. The number of guanidine groups is 1. The van der Waals surface area contributed by atoms with Crippen molar-refractivity contribution in [3.05, 3.63) is 35.9 Å². The van der Waals surface area contributed by atoms with Crippen molar-refractivity contribution in [1.82, 2.24) is 14.7 Å². The molecule has 0 saturated carbocycles. The van der Waals surface area contributed by atoms with E-state index in [2.05, 4.69) is 56.9 Å². The minimum absolute atomic E-state index is 0.736. The Kier molecular flexibility index (Phi) is 6.70. The van der Waals surface area contributed by atoms with Gasteiger partial charge in [0.25, 0.3) is 0 Å². The first-order chi connectivity index (χ1) is 12.2. The van der Waals surface area contributed by atoms with Crippen LogP contribution < -0.4 is 5.73 Å². The number of rotatable bonds is 5. The molecule has 0 amide bonds. The molecule has 0 bridgehead atoms. The van der Waals surface area contributed by atoms with E-state index >= 15 is 0 Å². The molecule has 2 N–H and O–H groups in total. The summed E-state index contributed by atoms with van der Waals surface area (Å²) in [7, 11) is 0. The molecule has 5 heteroatoms. The van der Waals surface area contributed by atoms with Crippen LogP contribution >= 0.6 is 0 Å². The summed E-state index contributed by atoms with van der Waals surface area (Å²) in [5.74, 6) is 1.48. The van der Waals surface area contributed by atoms with Gasteiger partial charge >= 0.3 is 0 Å². The maximum atomic E-state index is 6.18. The largest absolute Gasteiger partial charge is 0.370 e. The molecule has 0 spiro atoms. The van der Waals surface area contributed by atoms with Gasteiger partial charge in [-0.2, -0.15) is 0 Å². The molecule has 1 aromatic carbocycles. The number of nitrogens with two attached hydrogens (primary N) is 1. The number of benzene rings is 1. The first kappa shape index (κ1) is 18.2. The molecule has 2 saturated heterocycles. The van der Waals surface area contributed by atoms with Crippen LogP contribution in [0, 0.1) is 5.92 Å². The molecule has 2 fully saturated rings. The van der Waals surface area contributed by atoms with Crippen molar-refractivity contribution in [1.29, 1.82) is 0 Å². The Labute approximate surface area is 152 Å². The van der Waals surface area contributed by atoms with E-state index in [1.54, 1.807) is 0 Å². The molecule has 2 aliphatic heterocycles. The topological polar surface area (TPSA) is 48.1 Å². The highest BCUT2D eigenvalue weighted by Crippen LogP contribution is 2.15. The zero-order valence-corrected chi connectivity index (χ0v) is 15.6. The van der Waals surface area contributed by atoms with E-state index in [1.165, 1.54) is 18.4 Å². The van der Waals surface area contributed by atoms with Crippen LogP contribution in [0.4, 0.5) is 0 Å². The van der Waals surface area contributed by atoms with Crippen LogP contribution in [0.3, 0.4) is 0 Å². The monoisotopic (exact) mass is 343 g/mol. The first-order valence-corrected chi connectivity index (χ1v) is 9.74. The normalized spacial score (nSPS) is 23.8. The minimum atomic E-state index is 0.736. The lowest BCUT2D eigenvalue weighted by molar-refractivity contribution is 0.130. The fraction of sp³-hybridized carbons (Fsp3) is 0.650. The van der Waals surface area contributed by atoms with Gasteiger partial charge in [-0.1, -0.05) is 37.3 Å². The van der Waals surface area contributed by atoms with Gasteiger partial charge in [-0.15, -0.1) is 0 Å². The Morgan fingerprint density at radius 3 is 2.52 bits per heavy atom. The van der Waals surface area contributed by atoms with Crippen molar-refractivity contribution in [3.8, 4) is 0 Å². The smallest absolute Gasteiger partial charge is 0.191 e. The van der Waals surface area contributed by atoms with E-state index < -0.39 is 0 Å². The number of hydrogen-bond donors (Lipinski definition) is 1. The molecule has 0 radical (unpaired) electrons. The average molecular weight is 344 g/mol. The van der Waals surface area contributed by atoms with E-state index in [9.17, 15) is 0 Å². The minimum Gasteiger partial charge on any atom is -0.370 e. The maximum absolute atomic E-state index is 6.18. The Balaban J connectivity index is 1.35. The van der Waals surface area contributed by atoms with Gasteiger partial charge in [0.2, 0.25) is 0 Å². The second-order valence-electron chi connectivity index (χ2n) is 7.54. The summed E-state index contributed by atoms with van der Waals surface area (Å²) in [5.41, 5.74) is 7.59. The highest BCUT2D eigenvalue weighted by Gasteiger charge is 2.18. The van der Waals surface area contributed by atoms with Crippen LogP contribution in [0.2, 0.25) is 0 Å². The number of piperazine rings is 1. The Morgan fingerprint density at radius 1 is 1.08 bits per heavy atom. The van der Waals surface area contributed by atoms with Gasteiger partial charge in [0.1, 0.15) is 0 Å². The molecule has 0 aromatic heterocycles. The summed E-state index contributed by atoms with van der Waals surface area (Å²) >= 11 is 0. The SMILES string of the molecule is CC1CCCN(C(N)=NCCN2CCN(Cc3ccccc3)CC2)C1. The van der Waals surface area contributed by atoms with Crippen LogP contribution in [0.25, 0.3) is 0 Å². The van der Waals surface area contributed by atoms with Gasteiger partial charge in [0.05, 0.1) is 6.54 Å². The Bertz CT molecular complexity index is 536. The molecule has 0 aliphatic carbocycles. The summed E-state index contributed by atoms with van der Waals surface area (Å²) in [5, 5.41) is 0. The summed E-state index contributed by atoms with van der Waals surface area (Å²) in [4.78, 5) is 11.9. The van der Waals surface area contributed by atoms with Crippen molar-refractivity contribution >= 4 is 5.96 Å². The third-order valence-corrected chi connectivity index (χ3v) is 5.38. The van der Waals surface area contributed by atoms with E-state index in [4.69, 9.17) is 5.73 Å². The van der Waals surface area contributed by atoms with E-state index in [0.717, 1.165) is 70.8 Å². The van der Waals surface area contributed by atoms with Gasteiger partial charge in [-0.3, -0.25) is 14.8 Å². The fourth-order valence-electron chi connectivity index (χ4n) is 3.82. The van der Waals surface area contributed by atoms with Crippen molar-refractivity contribution in [3.63, 3.8) is 0 Å². The van der Waals surface area contributed by atoms with Gasteiger partial charge in [0, 0.05) is 52.4 Å². The predicted molar refractivity (Wildman–Crippen MR) is 105 cm³/mol. The van der Waals surface area contributed by atoms with E-state index in [-0.39, 0.29) is 0 Å². The zero-order chi connectivity index (χ0) is 17.5. The predicted octanol–water partition coefficient (Wildman–Crippen LogP) is 1.85. The molecule has 138 valence electrons. The van der Waals surface area contributed by atoms with Crippen molar-refractivity contribution in [2.24, 2.45) is 16.6 Å². The van der Waals surface area contributed by atoms with E-state index in [0.29, 0.717) is 0 Å². The number of nitrogens with zero attached hydrogens (tertiary/aromatic N) is 4. The maximum Gasteiger partial charge on any atom is 0.191 e.